The number of methoxy groups -OCH3 is 1. The molecule has 2 aromatic carbocycles. The van der Waals surface area contributed by atoms with Gasteiger partial charge < -0.3 is 10.1 Å². The fourth-order valence-corrected chi connectivity index (χ4v) is 2.75. The highest BCUT2D eigenvalue weighted by molar-refractivity contribution is 9.10. The second-order valence-corrected chi connectivity index (χ2v) is 5.89. The molecule has 2 rings (SSSR count). The third-order valence-corrected chi connectivity index (χ3v) is 4.50. The number of hydrogen-bond acceptors (Lipinski definition) is 2. The Morgan fingerprint density at radius 1 is 1.15 bits per heavy atom. The van der Waals surface area contributed by atoms with Gasteiger partial charge in [0, 0.05) is 4.47 Å². The minimum Gasteiger partial charge on any atom is -0.495 e. The Labute approximate surface area is 133 Å². The van der Waals surface area contributed by atoms with Gasteiger partial charge in [-0.1, -0.05) is 45.7 Å². The Morgan fingerprint density at radius 3 is 2.35 bits per heavy atom. The molecule has 0 spiro atoms. The molecule has 1 atom stereocenters. The molecular weight excluding hydrogens is 338 g/mol. The predicted octanol–water partition coefficient (Wildman–Crippen LogP) is 4.73. The van der Waals surface area contributed by atoms with Crippen LogP contribution in [0, 0.1) is 6.92 Å². The first-order valence-corrected chi connectivity index (χ1v) is 7.50. The molecule has 20 heavy (non-hydrogen) atoms. The van der Waals surface area contributed by atoms with E-state index in [9.17, 15) is 0 Å². The van der Waals surface area contributed by atoms with Gasteiger partial charge in [-0.15, -0.1) is 0 Å². The third-order valence-electron chi connectivity index (χ3n) is 3.31. The maximum absolute atomic E-state index is 6.21. The number of rotatable bonds is 4. The zero-order valence-electron chi connectivity index (χ0n) is 11.7. The van der Waals surface area contributed by atoms with Gasteiger partial charge in [0.05, 0.1) is 18.2 Å². The van der Waals surface area contributed by atoms with Crippen LogP contribution < -0.4 is 10.1 Å². The number of nitrogens with one attached hydrogen (secondary N) is 1. The molecule has 4 heteroatoms. The van der Waals surface area contributed by atoms with Gasteiger partial charge in [0.1, 0.15) is 5.75 Å². The van der Waals surface area contributed by atoms with Crippen molar-refractivity contribution in [1.82, 2.24) is 5.32 Å². The molecular formula is C16H17BrClNO. The van der Waals surface area contributed by atoms with Gasteiger partial charge in [-0.3, -0.25) is 0 Å². The van der Waals surface area contributed by atoms with Crippen molar-refractivity contribution < 1.29 is 4.74 Å². The minimum atomic E-state index is 0.102. The number of aryl methyl sites for hydroxylation is 1. The van der Waals surface area contributed by atoms with Gasteiger partial charge in [0.25, 0.3) is 0 Å². The second kappa shape index (κ2) is 6.61. The van der Waals surface area contributed by atoms with E-state index in [1.54, 1.807) is 7.11 Å². The van der Waals surface area contributed by atoms with Crippen LogP contribution in [0.3, 0.4) is 0 Å². The predicted molar refractivity (Wildman–Crippen MR) is 87.8 cm³/mol. The van der Waals surface area contributed by atoms with Crippen LogP contribution >= 0.6 is 27.5 Å². The van der Waals surface area contributed by atoms with Crippen molar-refractivity contribution in [2.75, 3.05) is 14.2 Å². The van der Waals surface area contributed by atoms with Crippen molar-refractivity contribution in [3.63, 3.8) is 0 Å². The molecule has 2 aromatic rings. The van der Waals surface area contributed by atoms with E-state index < -0.39 is 0 Å². The summed E-state index contributed by atoms with van der Waals surface area (Å²) in [6.07, 6.45) is 0. The summed E-state index contributed by atoms with van der Waals surface area (Å²) in [4.78, 5) is 0. The lowest BCUT2D eigenvalue weighted by Crippen LogP contribution is -2.17. The van der Waals surface area contributed by atoms with Crippen LogP contribution in [0.15, 0.2) is 40.9 Å². The highest BCUT2D eigenvalue weighted by atomic mass is 79.9. The van der Waals surface area contributed by atoms with Crippen LogP contribution in [0.1, 0.15) is 22.7 Å². The van der Waals surface area contributed by atoms with Gasteiger partial charge in [-0.05, 0) is 48.9 Å². The van der Waals surface area contributed by atoms with E-state index in [4.69, 9.17) is 16.3 Å². The summed E-state index contributed by atoms with van der Waals surface area (Å²) in [6.45, 7) is 2.08. The summed E-state index contributed by atoms with van der Waals surface area (Å²) in [5.41, 5.74) is 3.52. The van der Waals surface area contributed by atoms with Crippen LogP contribution in [0.4, 0.5) is 0 Å². The van der Waals surface area contributed by atoms with Crippen LogP contribution in [-0.2, 0) is 0 Å². The SMILES string of the molecule is CNC(c1ccc(Br)c(C)c1)c1ccc(OC)c(Cl)c1. The summed E-state index contributed by atoms with van der Waals surface area (Å²) in [6, 6.07) is 12.3. The van der Waals surface area contributed by atoms with Crippen molar-refractivity contribution in [3.05, 3.63) is 62.6 Å². The van der Waals surface area contributed by atoms with Gasteiger partial charge in [0.15, 0.2) is 0 Å². The second-order valence-electron chi connectivity index (χ2n) is 4.62. The average molecular weight is 355 g/mol. The zero-order chi connectivity index (χ0) is 14.7. The molecule has 1 unspecified atom stereocenters. The lowest BCUT2D eigenvalue weighted by molar-refractivity contribution is 0.414. The summed E-state index contributed by atoms with van der Waals surface area (Å²) in [5.74, 6) is 0.692. The van der Waals surface area contributed by atoms with Crippen molar-refractivity contribution in [3.8, 4) is 5.75 Å². The third kappa shape index (κ3) is 3.17. The Bertz CT molecular complexity index is 615. The quantitative estimate of drug-likeness (QED) is 0.857. The maximum atomic E-state index is 6.21. The Balaban J connectivity index is 2.41. The first kappa shape index (κ1) is 15.4. The normalized spacial score (nSPS) is 12.2. The number of ether oxygens (including phenoxy) is 1. The summed E-state index contributed by atoms with van der Waals surface area (Å²) in [7, 11) is 3.56. The standard InChI is InChI=1S/C16H17BrClNO/c1-10-8-11(4-6-13(10)17)16(19-2)12-5-7-15(20-3)14(18)9-12/h4-9,16,19H,1-3H3. The van der Waals surface area contributed by atoms with Gasteiger partial charge in [-0.2, -0.15) is 0 Å². The molecule has 0 aliphatic rings. The van der Waals surface area contributed by atoms with Crippen LogP contribution in [0.5, 0.6) is 5.75 Å². The fraction of sp³-hybridized carbons (Fsp3) is 0.250. The first-order chi connectivity index (χ1) is 9.56. The fourth-order valence-electron chi connectivity index (χ4n) is 2.24. The van der Waals surface area contributed by atoms with E-state index in [1.807, 2.05) is 25.2 Å². The molecule has 2 nitrogen and oxygen atoms in total. The molecule has 106 valence electrons. The Morgan fingerprint density at radius 2 is 1.80 bits per heavy atom. The molecule has 0 heterocycles. The lowest BCUT2D eigenvalue weighted by atomic mass is 9.97. The van der Waals surface area contributed by atoms with Crippen molar-refractivity contribution in [2.24, 2.45) is 0 Å². The highest BCUT2D eigenvalue weighted by Crippen LogP contribution is 2.31. The topological polar surface area (TPSA) is 21.3 Å². The molecule has 0 aliphatic heterocycles. The number of benzene rings is 2. The van der Waals surface area contributed by atoms with E-state index >= 15 is 0 Å². The van der Waals surface area contributed by atoms with E-state index in [0.717, 1.165) is 10.0 Å². The lowest BCUT2D eigenvalue weighted by Gasteiger charge is -2.19. The molecule has 0 bridgehead atoms. The molecule has 0 saturated heterocycles. The van der Waals surface area contributed by atoms with Crippen LogP contribution in [-0.4, -0.2) is 14.2 Å². The van der Waals surface area contributed by atoms with Gasteiger partial charge >= 0.3 is 0 Å². The summed E-state index contributed by atoms with van der Waals surface area (Å²) in [5, 5.41) is 3.96. The molecule has 0 aromatic heterocycles. The van der Waals surface area contributed by atoms with Gasteiger partial charge in [-0.25, -0.2) is 0 Å². The first-order valence-electron chi connectivity index (χ1n) is 6.33. The molecule has 0 radical (unpaired) electrons. The van der Waals surface area contributed by atoms with E-state index in [0.29, 0.717) is 10.8 Å². The maximum Gasteiger partial charge on any atom is 0.137 e. The summed E-state index contributed by atoms with van der Waals surface area (Å²) >= 11 is 9.74. The summed E-state index contributed by atoms with van der Waals surface area (Å²) < 4.78 is 6.31. The number of hydrogen-bond donors (Lipinski definition) is 1. The monoisotopic (exact) mass is 353 g/mol. The van der Waals surface area contributed by atoms with Gasteiger partial charge in [0.2, 0.25) is 0 Å². The van der Waals surface area contributed by atoms with Crippen molar-refractivity contribution in [2.45, 2.75) is 13.0 Å². The van der Waals surface area contributed by atoms with E-state index in [2.05, 4.69) is 46.4 Å². The molecule has 0 aliphatic carbocycles. The van der Waals surface area contributed by atoms with Crippen LogP contribution in [0.2, 0.25) is 5.02 Å². The largest absolute Gasteiger partial charge is 0.495 e. The van der Waals surface area contributed by atoms with Crippen molar-refractivity contribution >= 4 is 27.5 Å². The van der Waals surface area contributed by atoms with Crippen LogP contribution in [0.25, 0.3) is 0 Å². The van der Waals surface area contributed by atoms with E-state index in [-0.39, 0.29) is 6.04 Å². The molecule has 0 saturated carbocycles. The Hall–Kier alpha value is -1.03. The number of halogens is 2. The molecule has 1 N–H and O–H groups in total. The Kier molecular flexibility index (Phi) is 5.08. The van der Waals surface area contributed by atoms with E-state index in [1.165, 1.54) is 11.1 Å². The zero-order valence-corrected chi connectivity index (χ0v) is 14.0. The highest BCUT2D eigenvalue weighted by Gasteiger charge is 2.14. The minimum absolute atomic E-state index is 0.102. The molecule has 0 fully saturated rings. The average Bonchev–Trinajstić information content (AvgIpc) is 2.44. The smallest absolute Gasteiger partial charge is 0.137 e. The van der Waals surface area contributed by atoms with Crippen molar-refractivity contribution in [1.29, 1.82) is 0 Å². The molecule has 0 amide bonds.